The Balaban J connectivity index is 3.15. The van der Waals surface area contributed by atoms with E-state index in [0.717, 1.165) is 12.1 Å². The number of alkyl halides is 2. The molecule has 0 amide bonds. The molecule has 0 atom stereocenters. The van der Waals surface area contributed by atoms with Crippen LogP contribution in [0.3, 0.4) is 0 Å². The number of nitrogens with two attached hydrogens (primary N) is 1. The van der Waals surface area contributed by atoms with Gasteiger partial charge in [0.1, 0.15) is 11.0 Å². The fourth-order valence-electron chi connectivity index (χ4n) is 0.932. The molecule has 0 radical (unpaired) electrons. The number of aromatic nitrogens is 1. The van der Waals surface area contributed by atoms with Crippen LogP contribution < -0.4 is 5.73 Å². The van der Waals surface area contributed by atoms with Gasteiger partial charge in [-0.15, -0.1) is 0 Å². The molecule has 0 aliphatic carbocycles. The van der Waals surface area contributed by atoms with Crippen molar-refractivity contribution in [2.24, 2.45) is 0 Å². The lowest BCUT2D eigenvalue weighted by Gasteiger charge is -2.14. The Bertz CT molecular complexity index is 295. The summed E-state index contributed by atoms with van der Waals surface area (Å²) >= 11 is 5.49. The minimum Gasteiger partial charge on any atom is -0.384 e. The first kappa shape index (κ1) is 10.2. The summed E-state index contributed by atoms with van der Waals surface area (Å²) in [5.74, 6) is -2.88. The number of anilines is 1. The van der Waals surface area contributed by atoms with Gasteiger partial charge in [-0.1, -0.05) is 18.5 Å². The van der Waals surface area contributed by atoms with Gasteiger partial charge in [-0.05, 0) is 12.1 Å². The highest BCUT2D eigenvalue weighted by Gasteiger charge is 2.29. The van der Waals surface area contributed by atoms with Crippen molar-refractivity contribution in [2.75, 3.05) is 5.73 Å². The summed E-state index contributed by atoms with van der Waals surface area (Å²) in [6.45, 7) is 1.39. The zero-order valence-corrected chi connectivity index (χ0v) is 7.78. The third kappa shape index (κ3) is 2.28. The van der Waals surface area contributed by atoms with Gasteiger partial charge >= 0.3 is 0 Å². The van der Waals surface area contributed by atoms with Crippen LogP contribution in [0.4, 0.5) is 14.6 Å². The van der Waals surface area contributed by atoms with E-state index in [1.807, 2.05) is 0 Å². The summed E-state index contributed by atoms with van der Waals surface area (Å²) in [6, 6.07) is 2.26. The summed E-state index contributed by atoms with van der Waals surface area (Å²) in [5, 5.41) is -0.0110. The molecule has 0 aromatic carbocycles. The molecule has 1 aromatic heterocycles. The van der Waals surface area contributed by atoms with Crippen molar-refractivity contribution in [3.05, 3.63) is 22.8 Å². The van der Waals surface area contributed by atoms with Gasteiger partial charge < -0.3 is 5.73 Å². The van der Waals surface area contributed by atoms with E-state index < -0.39 is 5.92 Å². The highest BCUT2D eigenvalue weighted by atomic mass is 35.5. The van der Waals surface area contributed by atoms with Gasteiger partial charge in [-0.3, -0.25) is 0 Å². The Morgan fingerprint density at radius 3 is 2.62 bits per heavy atom. The maximum absolute atomic E-state index is 13.1. The Labute approximate surface area is 79.7 Å². The molecule has 0 unspecified atom stereocenters. The maximum atomic E-state index is 13.1. The van der Waals surface area contributed by atoms with Crippen molar-refractivity contribution < 1.29 is 8.78 Å². The second-order valence-corrected chi connectivity index (χ2v) is 3.05. The molecule has 1 heterocycles. The van der Waals surface area contributed by atoms with Crippen molar-refractivity contribution in [2.45, 2.75) is 19.3 Å². The molecule has 2 N–H and O–H groups in total. The molecule has 0 aliphatic rings. The lowest BCUT2D eigenvalue weighted by atomic mass is 10.1. The first-order valence-electron chi connectivity index (χ1n) is 3.77. The summed E-state index contributed by atoms with van der Waals surface area (Å²) in [7, 11) is 0. The monoisotopic (exact) mass is 206 g/mol. The van der Waals surface area contributed by atoms with E-state index in [-0.39, 0.29) is 23.0 Å². The number of nitrogen functional groups attached to an aromatic ring is 1. The average Bonchev–Trinajstić information content (AvgIpc) is 2.02. The molecule has 0 fully saturated rings. The van der Waals surface area contributed by atoms with Crippen LogP contribution >= 0.6 is 11.6 Å². The molecule has 0 bridgehead atoms. The number of hydrogen-bond donors (Lipinski definition) is 1. The van der Waals surface area contributed by atoms with E-state index in [1.165, 1.54) is 6.92 Å². The Hall–Kier alpha value is -0.900. The Morgan fingerprint density at radius 2 is 2.15 bits per heavy atom. The number of hydrogen-bond acceptors (Lipinski definition) is 2. The summed E-state index contributed by atoms with van der Waals surface area (Å²) in [5.41, 5.74) is 5.09. The van der Waals surface area contributed by atoms with Crippen LogP contribution in [0, 0.1) is 0 Å². The number of halogens is 3. The highest BCUT2D eigenvalue weighted by molar-refractivity contribution is 6.29. The van der Waals surface area contributed by atoms with Gasteiger partial charge in [0.05, 0.1) is 0 Å². The predicted molar refractivity (Wildman–Crippen MR) is 47.8 cm³/mol. The van der Waals surface area contributed by atoms with Crippen molar-refractivity contribution in [3.63, 3.8) is 0 Å². The molecule has 5 heteroatoms. The fourth-order valence-corrected chi connectivity index (χ4v) is 1.15. The molecule has 0 spiro atoms. The molecule has 2 nitrogen and oxygen atoms in total. The third-order valence-electron chi connectivity index (χ3n) is 1.68. The van der Waals surface area contributed by atoms with E-state index in [1.54, 1.807) is 0 Å². The van der Waals surface area contributed by atoms with Crippen molar-refractivity contribution in [1.82, 2.24) is 4.98 Å². The summed E-state index contributed by atoms with van der Waals surface area (Å²) < 4.78 is 26.2. The molecular weight excluding hydrogens is 198 g/mol. The van der Waals surface area contributed by atoms with E-state index in [4.69, 9.17) is 17.3 Å². The van der Waals surface area contributed by atoms with Crippen LogP contribution in [0.25, 0.3) is 0 Å². The second kappa shape index (κ2) is 3.46. The van der Waals surface area contributed by atoms with Gasteiger partial charge in [0.15, 0.2) is 0 Å². The van der Waals surface area contributed by atoms with Crippen LogP contribution in [0.1, 0.15) is 18.9 Å². The normalized spacial score (nSPS) is 11.7. The highest BCUT2D eigenvalue weighted by Crippen LogP contribution is 2.32. The Kier molecular flexibility index (Phi) is 2.71. The number of pyridine rings is 1. The van der Waals surface area contributed by atoms with Crippen LogP contribution in [0.15, 0.2) is 12.1 Å². The molecule has 0 saturated heterocycles. The minimum atomic E-state index is -2.89. The predicted octanol–water partition coefficient (Wildman–Crippen LogP) is 2.82. The van der Waals surface area contributed by atoms with Gasteiger partial charge in [0, 0.05) is 12.0 Å². The van der Waals surface area contributed by atoms with Crippen LogP contribution in [0.5, 0.6) is 0 Å². The van der Waals surface area contributed by atoms with Crippen LogP contribution in [0.2, 0.25) is 5.15 Å². The minimum absolute atomic E-state index is 0.00984. The first-order chi connectivity index (χ1) is 5.95. The SMILES string of the molecule is CCC(F)(F)c1cc(N)nc(Cl)c1. The van der Waals surface area contributed by atoms with Crippen LogP contribution in [-0.4, -0.2) is 4.98 Å². The molecule has 13 heavy (non-hydrogen) atoms. The van der Waals surface area contributed by atoms with E-state index in [9.17, 15) is 8.78 Å². The smallest absolute Gasteiger partial charge is 0.273 e. The third-order valence-corrected chi connectivity index (χ3v) is 1.87. The zero-order chi connectivity index (χ0) is 10.1. The van der Waals surface area contributed by atoms with Crippen molar-refractivity contribution >= 4 is 17.4 Å². The first-order valence-corrected chi connectivity index (χ1v) is 4.15. The van der Waals surface area contributed by atoms with E-state index >= 15 is 0 Å². The van der Waals surface area contributed by atoms with Gasteiger partial charge in [-0.25, -0.2) is 13.8 Å². The average molecular weight is 207 g/mol. The topological polar surface area (TPSA) is 38.9 Å². The van der Waals surface area contributed by atoms with Gasteiger partial charge in [0.25, 0.3) is 5.92 Å². The lowest BCUT2D eigenvalue weighted by Crippen LogP contribution is -2.12. The van der Waals surface area contributed by atoms with E-state index in [2.05, 4.69) is 4.98 Å². The van der Waals surface area contributed by atoms with Crippen molar-refractivity contribution in [1.29, 1.82) is 0 Å². The Morgan fingerprint density at radius 1 is 1.54 bits per heavy atom. The van der Waals surface area contributed by atoms with Gasteiger partial charge in [0.2, 0.25) is 0 Å². The van der Waals surface area contributed by atoms with Gasteiger partial charge in [-0.2, -0.15) is 0 Å². The summed E-state index contributed by atoms with van der Waals surface area (Å²) in [4.78, 5) is 3.59. The standard InChI is InChI=1S/C8H9ClF2N2/c1-2-8(10,11)5-3-6(9)13-7(12)4-5/h3-4H,2H2,1H3,(H2,12,13). The van der Waals surface area contributed by atoms with E-state index in [0.29, 0.717) is 0 Å². The molecule has 0 aliphatic heterocycles. The zero-order valence-electron chi connectivity index (χ0n) is 7.02. The quantitative estimate of drug-likeness (QED) is 0.756. The fraction of sp³-hybridized carbons (Fsp3) is 0.375. The lowest BCUT2D eigenvalue weighted by molar-refractivity contribution is -0.00829. The molecule has 1 aromatic rings. The molecular formula is C8H9ClF2N2. The molecule has 72 valence electrons. The maximum Gasteiger partial charge on any atom is 0.273 e. The van der Waals surface area contributed by atoms with Crippen LogP contribution in [-0.2, 0) is 5.92 Å². The summed E-state index contributed by atoms with van der Waals surface area (Å²) in [6.07, 6.45) is -0.285. The second-order valence-electron chi connectivity index (χ2n) is 2.66. The number of rotatable bonds is 2. The molecule has 0 saturated carbocycles. The molecule has 1 rings (SSSR count). The number of nitrogens with zero attached hydrogens (tertiary/aromatic N) is 1. The van der Waals surface area contributed by atoms with Crippen molar-refractivity contribution in [3.8, 4) is 0 Å². The largest absolute Gasteiger partial charge is 0.384 e.